The van der Waals surface area contributed by atoms with Crippen LogP contribution in [0.2, 0.25) is 0 Å². The third-order valence-electron chi connectivity index (χ3n) is 2.50. The van der Waals surface area contributed by atoms with E-state index in [1.165, 1.54) is 4.57 Å². The summed E-state index contributed by atoms with van der Waals surface area (Å²) in [7, 11) is 1.66. The Bertz CT molecular complexity index is 396. The second-order valence-electron chi connectivity index (χ2n) is 4.21. The molecule has 0 bridgehead atoms. The van der Waals surface area contributed by atoms with Crippen molar-refractivity contribution in [3.8, 4) is 0 Å². The van der Waals surface area contributed by atoms with Gasteiger partial charge in [-0.1, -0.05) is 0 Å². The molecule has 0 radical (unpaired) electrons. The quantitative estimate of drug-likeness (QED) is 0.757. The number of anilines is 1. The fourth-order valence-corrected chi connectivity index (χ4v) is 0.993. The van der Waals surface area contributed by atoms with Crippen molar-refractivity contribution in [2.75, 3.05) is 5.32 Å². The maximum atomic E-state index is 11.6. The summed E-state index contributed by atoms with van der Waals surface area (Å²) in [6.45, 7) is 5.29. The van der Waals surface area contributed by atoms with Gasteiger partial charge in [0.15, 0.2) is 5.82 Å². The Morgan fingerprint density at radius 1 is 1.60 bits per heavy atom. The summed E-state index contributed by atoms with van der Waals surface area (Å²) in [6.07, 6.45) is 2.55. The molecule has 0 saturated carbocycles. The zero-order chi connectivity index (χ0) is 11.6. The molecule has 2 N–H and O–H groups in total. The van der Waals surface area contributed by atoms with Crippen LogP contribution in [0.3, 0.4) is 0 Å². The van der Waals surface area contributed by atoms with Crippen LogP contribution in [0.4, 0.5) is 5.82 Å². The van der Waals surface area contributed by atoms with Gasteiger partial charge in [0.2, 0.25) is 0 Å². The fraction of sp³-hybridized carbons (Fsp3) is 0.600. The fourth-order valence-electron chi connectivity index (χ4n) is 0.993. The number of aryl methyl sites for hydroxylation is 1. The first-order valence-corrected chi connectivity index (χ1v) is 4.82. The lowest BCUT2D eigenvalue weighted by Gasteiger charge is -2.29. The van der Waals surface area contributed by atoms with E-state index >= 15 is 0 Å². The summed E-state index contributed by atoms with van der Waals surface area (Å²) in [6, 6.07) is 0. The van der Waals surface area contributed by atoms with E-state index in [1.54, 1.807) is 26.4 Å². The topological polar surface area (TPSA) is 67.2 Å². The molecule has 1 heterocycles. The molecular formula is C10H17N3O2. The van der Waals surface area contributed by atoms with Gasteiger partial charge in [-0.05, 0) is 20.8 Å². The molecule has 1 aromatic rings. The molecule has 0 aromatic carbocycles. The summed E-state index contributed by atoms with van der Waals surface area (Å²) >= 11 is 0. The van der Waals surface area contributed by atoms with Crippen molar-refractivity contribution < 1.29 is 5.11 Å². The minimum absolute atomic E-state index is 0.203. The number of aliphatic hydroxyl groups excluding tert-OH is 1. The lowest BCUT2D eigenvalue weighted by atomic mass is 9.99. The Morgan fingerprint density at radius 2 is 2.20 bits per heavy atom. The van der Waals surface area contributed by atoms with E-state index in [-0.39, 0.29) is 11.4 Å². The van der Waals surface area contributed by atoms with Crippen LogP contribution >= 0.6 is 0 Å². The van der Waals surface area contributed by atoms with Crippen molar-refractivity contribution in [1.29, 1.82) is 0 Å². The van der Waals surface area contributed by atoms with Crippen molar-refractivity contribution in [2.24, 2.45) is 7.05 Å². The molecule has 1 unspecified atom stereocenters. The molecule has 0 amide bonds. The zero-order valence-electron chi connectivity index (χ0n) is 9.48. The second-order valence-corrected chi connectivity index (χ2v) is 4.21. The molecule has 1 atom stereocenters. The molecule has 5 nitrogen and oxygen atoms in total. The first kappa shape index (κ1) is 11.7. The lowest BCUT2D eigenvalue weighted by Crippen LogP contribution is -2.44. The minimum Gasteiger partial charge on any atom is -0.391 e. The number of aromatic nitrogens is 2. The number of nitrogens with one attached hydrogen (secondary N) is 1. The van der Waals surface area contributed by atoms with Gasteiger partial charge in [-0.25, -0.2) is 4.98 Å². The van der Waals surface area contributed by atoms with Gasteiger partial charge in [0.25, 0.3) is 5.56 Å². The van der Waals surface area contributed by atoms with Gasteiger partial charge in [-0.2, -0.15) is 0 Å². The van der Waals surface area contributed by atoms with Crippen LogP contribution < -0.4 is 10.9 Å². The van der Waals surface area contributed by atoms with Crippen LogP contribution in [0.15, 0.2) is 17.2 Å². The molecule has 0 aliphatic heterocycles. The Kier molecular flexibility index (Phi) is 3.14. The number of rotatable bonds is 3. The standard InChI is InChI=1S/C10H17N3O2/c1-7(14)10(2,3)12-8-9(15)13(4)6-5-11-8/h5-7,14H,1-4H3,(H,11,12). The van der Waals surface area contributed by atoms with Crippen LogP contribution in [0.1, 0.15) is 20.8 Å². The maximum Gasteiger partial charge on any atom is 0.293 e. The van der Waals surface area contributed by atoms with Crippen molar-refractivity contribution >= 4 is 5.82 Å². The van der Waals surface area contributed by atoms with E-state index in [9.17, 15) is 9.90 Å². The number of nitrogens with zero attached hydrogens (tertiary/aromatic N) is 2. The minimum atomic E-state index is -0.583. The number of hydrogen-bond acceptors (Lipinski definition) is 4. The summed E-state index contributed by atoms with van der Waals surface area (Å²) in [5.41, 5.74) is -0.785. The van der Waals surface area contributed by atoms with Gasteiger partial charge < -0.3 is 15.0 Å². The molecule has 0 fully saturated rings. The van der Waals surface area contributed by atoms with Crippen LogP contribution in [-0.4, -0.2) is 26.3 Å². The van der Waals surface area contributed by atoms with Crippen molar-refractivity contribution in [3.63, 3.8) is 0 Å². The normalized spacial score (nSPS) is 13.7. The third-order valence-corrected chi connectivity index (χ3v) is 2.50. The first-order valence-electron chi connectivity index (χ1n) is 4.82. The highest BCUT2D eigenvalue weighted by Crippen LogP contribution is 2.13. The molecule has 0 spiro atoms. The summed E-state index contributed by atoms with van der Waals surface area (Å²) in [4.78, 5) is 15.6. The Balaban J connectivity index is 3.00. The van der Waals surface area contributed by atoms with E-state index in [0.29, 0.717) is 0 Å². The van der Waals surface area contributed by atoms with Crippen LogP contribution in [0.5, 0.6) is 0 Å². The van der Waals surface area contributed by atoms with Gasteiger partial charge in [0.05, 0.1) is 11.6 Å². The van der Waals surface area contributed by atoms with E-state index in [1.807, 2.05) is 13.8 Å². The lowest BCUT2D eigenvalue weighted by molar-refractivity contribution is 0.133. The van der Waals surface area contributed by atoms with Crippen LogP contribution in [-0.2, 0) is 7.05 Å². The van der Waals surface area contributed by atoms with E-state index in [0.717, 1.165) is 0 Å². The second kappa shape index (κ2) is 4.02. The molecule has 0 saturated heterocycles. The molecule has 5 heteroatoms. The summed E-state index contributed by atoms with van der Waals surface area (Å²) < 4.78 is 1.44. The molecule has 1 aromatic heterocycles. The molecule has 0 aliphatic carbocycles. The van der Waals surface area contributed by atoms with Crippen LogP contribution in [0, 0.1) is 0 Å². The summed E-state index contributed by atoms with van der Waals surface area (Å²) in [5, 5.41) is 12.4. The average molecular weight is 211 g/mol. The van der Waals surface area contributed by atoms with E-state index in [4.69, 9.17) is 0 Å². The Hall–Kier alpha value is -1.36. The molecular weight excluding hydrogens is 194 g/mol. The monoisotopic (exact) mass is 211 g/mol. The van der Waals surface area contributed by atoms with Crippen LogP contribution in [0.25, 0.3) is 0 Å². The van der Waals surface area contributed by atoms with Gasteiger partial charge in [-0.15, -0.1) is 0 Å². The third kappa shape index (κ3) is 2.56. The zero-order valence-corrected chi connectivity index (χ0v) is 9.48. The Morgan fingerprint density at radius 3 is 2.73 bits per heavy atom. The predicted molar refractivity (Wildman–Crippen MR) is 58.9 cm³/mol. The van der Waals surface area contributed by atoms with Crippen molar-refractivity contribution in [3.05, 3.63) is 22.7 Å². The average Bonchev–Trinajstić information content (AvgIpc) is 2.12. The highest BCUT2D eigenvalue weighted by atomic mass is 16.3. The van der Waals surface area contributed by atoms with Gasteiger partial charge in [-0.3, -0.25) is 4.79 Å². The van der Waals surface area contributed by atoms with E-state index in [2.05, 4.69) is 10.3 Å². The maximum absolute atomic E-state index is 11.6. The molecule has 0 aliphatic rings. The smallest absolute Gasteiger partial charge is 0.293 e. The summed E-state index contributed by atoms with van der Waals surface area (Å²) in [5.74, 6) is 0.255. The van der Waals surface area contributed by atoms with E-state index < -0.39 is 11.6 Å². The highest BCUT2D eigenvalue weighted by Gasteiger charge is 2.25. The first-order chi connectivity index (χ1) is 6.84. The molecule has 15 heavy (non-hydrogen) atoms. The SMILES string of the molecule is CC(O)C(C)(C)Nc1nccn(C)c1=O. The Labute approximate surface area is 88.8 Å². The van der Waals surface area contributed by atoms with Crippen molar-refractivity contribution in [1.82, 2.24) is 9.55 Å². The highest BCUT2D eigenvalue weighted by molar-refractivity contribution is 5.34. The largest absolute Gasteiger partial charge is 0.391 e. The van der Waals surface area contributed by atoms with Gasteiger partial charge in [0.1, 0.15) is 0 Å². The molecule has 1 rings (SSSR count). The number of aliphatic hydroxyl groups is 1. The van der Waals surface area contributed by atoms with Gasteiger partial charge >= 0.3 is 0 Å². The number of hydrogen-bond donors (Lipinski definition) is 2. The van der Waals surface area contributed by atoms with Gasteiger partial charge in [0, 0.05) is 19.4 Å². The van der Waals surface area contributed by atoms with Crippen molar-refractivity contribution in [2.45, 2.75) is 32.4 Å². The predicted octanol–water partition coefficient (Wildman–Crippen LogP) is 0.352. The molecule has 84 valence electrons.